The van der Waals surface area contributed by atoms with Crippen LogP contribution in [0.4, 0.5) is 0 Å². The summed E-state index contributed by atoms with van der Waals surface area (Å²) in [6.07, 6.45) is 2.29. The number of benzene rings is 1. The summed E-state index contributed by atoms with van der Waals surface area (Å²) in [5.41, 5.74) is 1.94. The van der Waals surface area contributed by atoms with Gasteiger partial charge in [-0.2, -0.15) is 0 Å². The monoisotopic (exact) mass is 341 g/mol. The highest BCUT2D eigenvalue weighted by Crippen LogP contribution is 2.05. The molecule has 0 bridgehead atoms. The summed E-state index contributed by atoms with van der Waals surface area (Å²) >= 11 is 0. The summed E-state index contributed by atoms with van der Waals surface area (Å²) in [4.78, 5) is 35.5. The fourth-order valence-electron chi connectivity index (χ4n) is 2.49. The second kappa shape index (κ2) is 8.82. The van der Waals surface area contributed by atoms with Gasteiger partial charge >= 0.3 is 0 Å². The standard InChI is InChI=1S/C19H23N3O3/c1-14-6-3-7-16(12-14)13-22-11-4-8-17(19(22)25)18(24)21-10-5-9-20-15(2)23/h3-4,6-8,11-12H,5,9-10,13H2,1-2H3,(H,20,23)(H,21,24). The molecule has 132 valence electrons. The SMILES string of the molecule is CC(=O)NCCCNC(=O)c1cccn(Cc2cccc(C)c2)c1=O. The van der Waals surface area contributed by atoms with E-state index in [2.05, 4.69) is 10.6 Å². The van der Waals surface area contributed by atoms with Gasteiger partial charge in [-0.1, -0.05) is 29.8 Å². The lowest BCUT2D eigenvalue weighted by Crippen LogP contribution is -2.34. The summed E-state index contributed by atoms with van der Waals surface area (Å²) < 4.78 is 1.53. The predicted molar refractivity (Wildman–Crippen MR) is 96.6 cm³/mol. The van der Waals surface area contributed by atoms with Gasteiger partial charge in [0.25, 0.3) is 11.5 Å². The average molecular weight is 341 g/mol. The van der Waals surface area contributed by atoms with Crippen molar-refractivity contribution in [2.45, 2.75) is 26.8 Å². The number of nitrogens with zero attached hydrogens (tertiary/aromatic N) is 1. The Bertz CT molecular complexity index is 812. The predicted octanol–water partition coefficient (Wildman–Crippen LogP) is 1.46. The van der Waals surface area contributed by atoms with Gasteiger partial charge in [0.05, 0.1) is 6.54 Å². The second-order valence-electron chi connectivity index (χ2n) is 5.94. The van der Waals surface area contributed by atoms with Crippen molar-refractivity contribution in [3.63, 3.8) is 0 Å². The maximum absolute atomic E-state index is 12.5. The highest BCUT2D eigenvalue weighted by atomic mass is 16.2. The Morgan fingerprint density at radius 2 is 1.84 bits per heavy atom. The van der Waals surface area contributed by atoms with Crippen molar-refractivity contribution in [3.8, 4) is 0 Å². The minimum atomic E-state index is -0.397. The zero-order valence-corrected chi connectivity index (χ0v) is 14.5. The Balaban J connectivity index is 2.01. The zero-order valence-electron chi connectivity index (χ0n) is 14.5. The van der Waals surface area contributed by atoms with E-state index in [1.54, 1.807) is 12.3 Å². The van der Waals surface area contributed by atoms with Crippen molar-refractivity contribution in [2.24, 2.45) is 0 Å². The highest BCUT2D eigenvalue weighted by Gasteiger charge is 2.11. The largest absolute Gasteiger partial charge is 0.356 e. The number of nitrogens with one attached hydrogen (secondary N) is 2. The van der Waals surface area contributed by atoms with Gasteiger partial charge in [-0.05, 0) is 31.0 Å². The van der Waals surface area contributed by atoms with Gasteiger partial charge in [-0.3, -0.25) is 14.4 Å². The molecule has 1 heterocycles. The Hall–Kier alpha value is -2.89. The Kier molecular flexibility index (Phi) is 6.51. The number of rotatable bonds is 7. The van der Waals surface area contributed by atoms with E-state index >= 15 is 0 Å². The maximum Gasteiger partial charge on any atom is 0.263 e. The lowest BCUT2D eigenvalue weighted by atomic mass is 10.1. The first kappa shape index (κ1) is 18.4. The smallest absolute Gasteiger partial charge is 0.263 e. The van der Waals surface area contributed by atoms with Crippen molar-refractivity contribution < 1.29 is 9.59 Å². The normalized spacial score (nSPS) is 10.3. The van der Waals surface area contributed by atoms with Gasteiger partial charge in [0.2, 0.25) is 5.91 Å². The van der Waals surface area contributed by atoms with Crippen LogP contribution in [0.15, 0.2) is 47.4 Å². The maximum atomic E-state index is 12.5. The third-order valence-corrected chi connectivity index (χ3v) is 3.71. The molecule has 2 N–H and O–H groups in total. The summed E-state index contributed by atoms with van der Waals surface area (Å²) in [5, 5.41) is 5.37. The van der Waals surface area contributed by atoms with Crippen LogP contribution in [0.1, 0.15) is 34.8 Å². The number of carbonyl (C=O) groups is 2. The number of amides is 2. The minimum absolute atomic E-state index is 0.103. The molecule has 2 amide bonds. The fraction of sp³-hybridized carbons (Fsp3) is 0.316. The molecule has 0 unspecified atom stereocenters. The number of aromatic nitrogens is 1. The van der Waals surface area contributed by atoms with E-state index < -0.39 is 5.91 Å². The van der Waals surface area contributed by atoms with E-state index in [-0.39, 0.29) is 17.0 Å². The summed E-state index contributed by atoms with van der Waals surface area (Å²) in [6.45, 7) is 4.74. The molecule has 2 aromatic rings. The highest BCUT2D eigenvalue weighted by molar-refractivity contribution is 5.93. The van der Waals surface area contributed by atoms with Gasteiger partial charge in [0.1, 0.15) is 5.56 Å². The molecule has 0 saturated carbocycles. The molecule has 0 radical (unpaired) electrons. The Morgan fingerprint density at radius 3 is 2.56 bits per heavy atom. The lowest BCUT2D eigenvalue weighted by Gasteiger charge is -2.09. The fourth-order valence-corrected chi connectivity index (χ4v) is 2.49. The number of pyridine rings is 1. The quantitative estimate of drug-likeness (QED) is 0.748. The average Bonchev–Trinajstić information content (AvgIpc) is 2.56. The first-order chi connectivity index (χ1) is 12.0. The minimum Gasteiger partial charge on any atom is -0.356 e. The van der Waals surface area contributed by atoms with Crippen molar-refractivity contribution in [3.05, 3.63) is 69.6 Å². The molecule has 0 spiro atoms. The van der Waals surface area contributed by atoms with E-state index in [1.165, 1.54) is 17.6 Å². The molecule has 0 aliphatic heterocycles. The van der Waals surface area contributed by atoms with Gasteiger partial charge in [-0.25, -0.2) is 0 Å². The van der Waals surface area contributed by atoms with Crippen LogP contribution in [-0.2, 0) is 11.3 Å². The van der Waals surface area contributed by atoms with Crippen molar-refractivity contribution in [1.29, 1.82) is 0 Å². The van der Waals surface area contributed by atoms with Crippen molar-refractivity contribution in [1.82, 2.24) is 15.2 Å². The van der Waals surface area contributed by atoms with Crippen LogP contribution in [-0.4, -0.2) is 29.5 Å². The van der Waals surface area contributed by atoms with Crippen LogP contribution in [0.5, 0.6) is 0 Å². The molecule has 1 aromatic carbocycles. The second-order valence-corrected chi connectivity index (χ2v) is 5.94. The molecular formula is C19H23N3O3. The summed E-state index contributed by atoms with van der Waals surface area (Å²) in [5.74, 6) is -0.500. The lowest BCUT2D eigenvalue weighted by molar-refractivity contribution is -0.118. The first-order valence-electron chi connectivity index (χ1n) is 8.25. The van der Waals surface area contributed by atoms with Crippen molar-refractivity contribution >= 4 is 11.8 Å². The third-order valence-electron chi connectivity index (χ3n) is 3.71. The van der Waals surface area contributed by atoms with Gasteiger partial charge < -0.3 is 15.2 Å². The van der Waals surface area contributed by atoms with Gasteiger partial charge in [0, 0.05) is 26.2 Å². The van der Waals surface area contributed by atoms with Crippen LogP contribution in [0.3, 0.4) is 0 Å². The number of carbonyl (C=O) groups excluding carboxylic acids is 2. The summed E-state index contributed by atoms with van der Waals surface area (Å²) in [6, 6.07) is 11.1. The Morgan fingerprint density at radius 1 is 1.08 bits per heavy atom. The number of aryl methyl sites for hydroxylation is 1. The van der Waals surface area contributed by atoms with E-state index in [9.17, 15) is 14.4 Å². The van der Waals surface area contributed by atoms with Gasteiger partial charge in [-0.15, -0.1) is 0 Å². The molecule has 25 heavy (non-hydrogen) atoms. The van der Waals surface area contributed by atoms with Crippen LogP contribution in [0, 0.1) is 6.92 Å². The van der Waals surface area contributed by atoms with Crippen LogP contribution in [0.25, 0.3) is 0 Å². The molecule has 0 fully saturated rings. The molecule has 6 nitrogen and oxygen atoms in total. The molecular weight excluding hydrogens is 318 g/mol. The summed E-state index contributed by atoms with van der Waals surface area (Å²) in [7, 11) is 0. The molecule has 0 atom stereocenters. The van der Waals surface area contributed by atoms with E-state index in [1.807, 2.05) is 31.2 Å². The van der Waals surface area contributed by atoms with Crippen LogP contribution in [0.2, 0.25) is 0 Å². The number of hydrogen-bond donors (Lipinski definition) is 2. The molecule has 0 aliphatic carbocycles. The number of hydrogen-bond acceptors (Lipinski definition) is 3. The van der Waals surface area contributed by atoms with Crippen molar-refractivity contribution in [2.75, 3.05) is 13.1 Å². The molecule has 6 heteroatoms. The molecule has 2 rings (SSSR count). The molecule has 0 aliphatic rings. The Labute approximate surface area is 146 Å². The van der Waals surface area contributed by atoms with Gasteiger partial charge in [0.15, 0.2) is 0 Å². The molecule has 0 saturated heterocycles. The third kappa shape index (κ3) is 5.60. The van der Waals surface area contributed by atoms with E-state index in [4.69, 9.17) is 0 Å². The van der Waals surface area contributed by atoms with Crippen LogP contribution < -0.4 is 16.2 Å². The zero-order chi connectivity index (χ0) is 18.2. The molecule has 1 aromatic heterocycles. The van der Waals surface area contributed by atoms with Crippen LogP contribution >= 0.6 is 0 Å². The van der Waals surface area contributed by atoms with E-state index in [0.717, 1.165) is 11.1 Å². The first-order valence-corrected chi connectivity index (χ1v) is 8.25. The topological polar surface area (TPSA) is 80.2 Å². The van der Waals surface area contributed by atoms with E-state index in [0.29, 0.717) is 26.1 Å².